The van der Waals surface area contributed by atoms with Crippen LogP contribution in [-0.4, -0.2) is 41.2 Å². The van der Waals surface area contributed by atoms with Crippen LogP contribution in [-0.2, 0) is 22.6 Å². The summed E-state index contributed by atoms with van der Waals surface area (Å²) >= 11 is 0. The summed E-state index contributed by atoms with van der Waals surface area (Å²) in [6.45, 7) is 8.31. The van der Waals surface area contributed by atoms with Crippen LogP contribution in [0, 0.1) is 11.8 Å². The molecule has 0 amide bonds. The number of hydrogen-bond donors (Lipinski definition) is 2. The van der Waals surface area contributed by atoms with E-state index in [4.69, 9.17) is 4.74 Å². The van der Waals surface area contributed by atoms with Gasteiger partial charge in [-0.2, -0.15) is 0 Å². The third kappa shape index (κ3) is 7.67. The van der Waals surface area contributed by atoms with Gasteiger partial charge in [0, 0.05) is 32.0 Å². The largest absolute Gasteiger partial charge is 0.466 e. The average molecular weight is 491 g/mol. The Morgan fingerprint density at radius 1 is 1.37 bits per heavy atom. The van der Waals surface area contributed by atoms with Crippen LogP contribution in [0.1, 0.15) is 52.3 Å². The Balaban J connectivity index is 0.00000364. The maximum Gasteiger partial charge on any atom is 0.308 e. The number of halogens is 1. The van der Waals surface area contributed by atoms with Crippen molar-refractivity contribution in [1.82, 2.24) is 20.2 Å². The summed E-state index contributed by atoms with van der Waals surface area (Å²) < 4.78 is 7.31. The van der Waals surface area contributed by atoms with Crippen molar-refractivity contribution in [3.05, 3.63) is 18.2 Å². The summed E-state index contributed by atoms with van der Waals surface area (Å²) in [5.41, 5.74) is 0. The minimum atomic E-state index is -0.0505. The quantitative estimate of drug-likeness (QED) is 0.266. The zero-order chi connectivity index (χ0) is 18.9. The molecule has 0 spiro atoms. The third-order valence-corrected chi connectivity index (χ3v) is 4.69. The minimum Gasteiger partial charge on any atom is -0.466 e. The molecule has 0 aromatic carbocycles. The van der Waals surface area contributed by atoms with E-state index in [1.807, 2.05) is 19.3 Å². The number of nitrogens with one attached hydrogen (secondary N) is 2. The van der Waals surface area contributed by atoms with Gasteiger partial charge in [-0.05, 0) is 38.5 Å². The summed E-state index contributed by atoms with van der Waals surface area (Å²) in [5.74, 6) is 2.36. The van der Waals surface area contributed by atoms with E-state index >= 15 is 0 Å². The Morgan fingerprint density at radius 2 is 2.07 bits per heavy atom. The number of guanidine groups is 1. The lowest BCUT2D eigenvalue weighted by atomic mass is 9.86. The van der Waals surface area contributed by atoms with Crippen LogP contribution in [0.3, 0.4) is 0 Å². The van der Waals surface area contributed by atoms with Gasteiger partial charge in [0.15, 0.2) is 5.96 Å². The first kappa shape index (κ1) is 23.7. The summed E-state index contributed by atoms with van der Waals surface area (Å²) in [6.07, 6.45) is 7.49. The highest BCUT2D eigenvalue weighted by Crippen LogP contribution is 2.25. The van der Waals surface area contributed by atoms with E-state index in [-0.39, 0.29) is 35.9 Å². The first-order chi connectivity index (χ1) is 12.5. The van der Waals surface area contributed by atoms with Gasteiger partial charge < -0.3 is 19.9 Å². The summed E-state index contributed by atoms with van der Waals surface area (Å²) in [6, 6.07) is 0.335. The molecule has 1 aromatic rings. The molecule has 1 fully saturated rings. The molecule has 0 radical (unpaired) electrons. The van der Waals surface area contributed by atoms with Crippen LogP contribution in [0.5, 0.6) is 0 Å². The number of imidazole rings is 1. The first-order valence-electron chi connectivity index (χ1n) is 9.67. The highest BCUT2D eigenvalue weighted by atomic mass is 127. The molecule has 27 heavy (non-hydrogen) atoms. The van der Waals surface area contributed by atoms with E-state index in [0.717, 1.165) is 44.0 Å². The lowest BCUT2D eigenvalue weighted by Gasteiger charge is -2.29. The Labute approximate surface area is 179 Å². The SMILES string of the molecule is CCOC(=O)C1CCC(NC(=NC)NCc2nccn2CC(C)C)CC1.I. The second-order valence-electron chi connectivity index (χ2n) is 7.26. The van der Waals surface area contributed by atoms with Crippen LogP contribution in [0.4, 0.5) is 0 Å². The summed E-state index contributed by atoms with van der Waals surface area (Å²) in [4.78, 5) is 20.6. The molecule has 7 nitrogen and oxygen atoms in total. The highest BCUT2D eigenvalue weighted by Gasteiger charge is 2.27. The zero-order valence-corrected chi connectivity index (χ0v) is 19.2. The summed E-state index contributed by atoms with van der Waals surface area (Å²) in [7, 11) is 1.78. The molecule has 2 N–H and O–H groups in total. The molecule has 0 bridgehead atoms. The maximum absolute atomic E-state index is 11.8. The Bertz CT molecular complexity index is 595. The molecule has 154 valence electrons. The number of nitrogens with zero attached hydrogens (tertiary/aromatic N) is 3. The number of aromatic nitrogens is 2. The molecular formula is C19H34IN5O2. The average Bonchev–Trinajstić information content (AvgIpc) is 3.05. The lowest BCUT2D eigenvalue weighted by Crippen LogP contribution is -2.45. The van der Waals surface area contributed by atoms with Crippen molar-refractivity contribution < 1.29 is 9.53 Å². The van der Waals surface area contributed by atoms with E-state index in [9.17, 15) is 4.79 Å². The predicted octanol–water partition coefficient (Wildman–Crippen LogP) is 2.94. The Morgan fingerprint density at radius 3 is 2.67 bits per heavy atom. The zero-order valence-electron chi connectivity index (χ0n) is 16.9. The highest BCUT2D eigenvalue weighted by molar-refractivity contribution is 14.0. The van der Waals surface area contributed by atoms with Gasteiger partial charge >= 0.3 is 5.97 Å². The minimum absolute atomic E-state index is 0. The van der Waals surface area contributed by atoms with E-state index in [1.54, 1.807) is 7.05 Å². The Hall–Kier alpha value is -1.32. The molecular weight excluding hydrogens is 457 g/mol. The second-order valence-corrected chi connectivity index (χ2v) is 7.26. The van der Waals surface area contributed by atoms with Crippen LogP contribution >= 0.6 is 24.0 Å². The van der Waals surface area contributed by atoms with E-state index < -0.39 is 0 Å². The standard InChI is InChI=1S/C19H33N5O2.HI/c1-5-26-18(25)15-6-8-16(9-7-15)23-19(20-4)22-12-17-21-10-11-24(17)13-14(2)3;/h10-11,14-16H,5-9,12-13H2,1-4H3,(H2,20,22,23);1H. The van der Waals surface area contributed by atoms with Crippen LogP contribution in [0.15, 0.2) is 17.4 Å². The first-order valence-corrected chi connectivity index (χ1v) is 9.67. The number of carbonyl (C=O) groups is 1. The fourth-order valence-corrected chi connectivity index (χ4v) is 3.35. The van der Waals surface area contributed by atoms with Crippen molar-refractivity contribution >= 4 is 35.9 Å². The molecule has 1 heterocycles. The molecule has 0 saturated heterocycles. The second kappa shape index (κ2) is 12.2. The third-order valence-electron chi connectivity index (χ3n) is 4.69. The molecule has 1 aliphatic carbocycles. The lowest BCUT2D eigenvalue weighted by molar-refractivity contribution is -0.149. The molecule has 2 rings (SSSR count). The van der Waals surface area contributed by atoms with Crippen molar-refractivity contribution in [1.29, 1.82) is 0 Å². The fraction of sp³-hybridized carbons (Fsp3) is 0.737. The number of esters is 1. The number of hydrogen-bond acceptors (Lipinski definition) is 4. The normalized spacial score (nSPS) is 20.1. The number of carbonyl (C=O) groups excluding carboxylic acids is 1. The van der Waals surface area contributed by atoms with Gasteiger partial charge in [-0.3, -0.25) is 9.79 Å². The van der Waals surface area contributed by atoms with Crippen molar-refractivity contribution in [2.75, 3.05) is 13.7 Å². The molecule has 1 aliphatic rings. The van der Waals surface area contributed by atoms with Crippen molar-refractivity contribution in [3.8, 4) is 0 Å². The van der Waals surface area contributed by atoms with Crippen molar-refractivity contribution in [2.24, 2.45) is 16.8 Å². The van der Waals surface area contributed by atoms with Crippen molar-refractivity contribution in [2.45, 2.75) is 65.6 Å². The van der Waals surface area contributed by atoms with Gasteiger partial charge in [-0.25, -0.2) is 4.98 Å². The maximum atomic E-state index is 11.8. The van der Waals surface area contributed by atoms with Crippen molar-refractivity contribution in [3.63, 3.8) is 0 Å². The molecule has 1 saturated carbocycles. The van der Waals surface area contributed by atoms with E-state index in [1.165, 1.54) is 0 Å². The van der Waals surface area contributed by atoms with Crippen LogP contribution in [0.25, 0.3) is 0 Å². The Kier molecular flexibility index (Phi) is 10.7. The molecule has 8 heteroatoms. The summed E-state index contributed by atoms with van der Waals surface area (Å²) in [5, 5.41) is 6.82. The van der Waals surface area contributed by atoms with Gasteiger partial charge in [-0.1, -0.05) is 13.8 Å². The van der Waals surface area contributed by atoms with Gasteiger partial charge in [0.05, 0.1) is 19.1 Å². The monoisotopic (exact) mass is 491 g/mol. The van der Waals surface area contributed by atoms with Gasteiger partial charge in [-0.15, -0.1) is 24.0 Å². The molecule has 0 unspecified atom stereocenters. The number of rotatable bonds is 7. The van der Waals surface area contributed by atoms with Crippen LogP contribution < -0.4 is 10.6 Å². The molecule has 1 aromatic heterocycles. The van der Waals surface area contributed by atoms with Crippen LogP contribution in [0.2, 0.25) is 0 Å². The smallest absolute Gasteiger partial charge is 0.308 e. The topological polar surface area (TPSA) is 80.5 Å². The fourth-order valence-electron chi connectivity index (χ4n) is 3.35. The number of aliphatic imine (C=N–C) groups is 1. The molecule has 0 atom stereocenters. The van der Waals surface area contributed by atoms with E-state index in [0.29, 0.717) is 25.1 Å². The van der Waals surface area contributed by atoms with Gasteiger partial charge in [0.1, 0.15) is 5.82 Å². The van der Waals surface area contributed by atoms with Gasteiger partial charge in [0.2, 0.25) is 0 Å². The van der Waals surface area contributed by atoms with E-state index in [2.05, 4.69) is 39.0 Å². The predicted molar refractivity (Wildman–Crippen MR) is 118 cm³/mol. The number of ether oxygens (including phenoxy) is 1. The molecule has 0 aliphatic heterocycles. The van der Waals surface area contributed by atoms with Gasteiger partial charge in [0.25, 0.3) is 0 Å².